The van der Waals surface area contributed by atoms with E-state index in [9.17, 15) is 9.59 Å². The maximum atomic E-state index is 12.2. The van der Waals surface area contributed by atoms with E-state index in [-0.39, 0.29) is 16.8 Å². The fourth-order valence-corrected chi connectivity index (χ4v) is 2.22. The Morgan fingerprint density at radius 1 is 1.12 bits per heavy atom. The Morgan fingerprint density at radius 2 is 1.72 bits per heavy atom. The third-order valence-electron chi connectivity index (χ3n) is 3.21. The first-order valence-electron chi connectivity index (χ1n) is 7.44. The van der Waals surface area contributed by atoms with Gasteiger partial charge in [0, 0.05) is 18.3 Å². The molecular formula is C18H16ClN3O3. The second-order valence-corrected chi connectivity index (χ2v) is 5.67. The second-order valence-electron chi connectivity index (χ2n) is 5.26. The maximum absolute atomic E-state index is 12.2. The third-order valence-corrected chi connectivity index (χ3v) is 3.50. The molecule has 2 N–H and O–H groups in total. The molecule has 2 amide bonds. The van der Waals surface area contributed by atoms with E-state index >= 15 is 0 Å². The topological polar surface area (TPSA) is 91.2 Å². The highest BCUT2D eigenvalue weighted by molar-refractivity contribution is 6.32. The molecule has 0 spiro atoms. The Morgan fingerprint density at radius 3 is 2.24 bits per heavy atom. The lowest BCUT2D eigenvalue weighted by atomic mass is 10.2. The van der Waals surface area contributed by atoms with Crippen LogP contribution in [0.2, 0.25) is 5.02 Å². The van der Waals surface area contributed by atoms with Gasteiger partial charge in [0.15, 0.2) is 6.10 Å². The fourth-order valence-electron chi connectivity index (χ4n) is 1.99. The van der Waals surface area contributed by atoms with Gasteiger partial charge < -0.3 is 15.4 Å². The van der Waals surface area contributed by atoms with Gasteiger partial charge in [0.25, 0.3) is 5.91 Å². The van der Waals surface area contributed by atoms with E-state index < -0.39 is 6.10 Å². The van der Waals surface area contributed by atoms with Crippen LogP contribution in [0.25, 0.3) is 0 Å². The third kappa shape index (κ3) is 5.23. The average Bonchev–Trinajstić information content (AvgIpc) is 2.57. The number of nitrogens with zero attached hydrogens (tertiary/aromatic N) is 1. The number of amides is 2. The van der Waals surface area contributed by atoms with Crippen molar-refractivity contribution in [3.63, 3.8) is 0 Å². The molecule has 0 saturated carbocycles. The maximum Gasteiger partial charge on any atom is 0.265 e. The van der Waals surface area contributed by atoms with Crippen molar-refractivity contribution in [1.29, 1.82) is 5.26 Å². The van der Waals surface area contributed by atoms with Crippen molar-refractivity contribution < 1.29 is 14.3 Å². The van der Waals surface area contributed by atoms with E-state index in [4.69, 9.17) is 21.6 Å². The van der Waals surface area contributed by atoms with Crippen molar-refractivity contribution in [2.24, 2.45) is 0 Å². The van der Waals surface area contributed by atoms with Gasteiger partial charge >= 0.3 is 0 Å². The summed E-state index contributed by atoms with van der Waals surface area (Å²) in [7, 11) is 0. The van der Waals surface area contributed by atoms with Gasteiger partial charge in [-0.05, 0) is 49.4 Å². The first-order valence-corrected chi connectivity index (χ1v) is 7.81. The molecule has 128 valence electrons. The lowest BCUT2D eigenvalue weighted by Crippen LogP contribution is -2.30. The lowest BCUT2D eigenvalue weighted by Gasteiger charge is -2.16. The van der Waals surface area contributed by atoms with E-state index in [2.05, 4.69) is 10.6 Å². The van der Waals surface area contributed by atoms with Gasteiger partial charge in [-0.25, -0.2) is 0 Å². The number of carbonyl (C=O) groups excluding carboxylic acids is 2. The number of rotatable bonds is 5. The molecule has 0 aliphatic heterocycles. The molecule has 0 heterocycles. The Labute approximate surface area is 150 Å². The molecule has 0 radical (unpaired) electrons. The van der Waals surface area contributed by atoms with Crippen LogP contribution in [-0.4, -0.2) is 17.9 Å². The summed E-state index contributed by atoms with van der Waals surface area (Å²) >= 11 is 6.03. The van der Waals surface area contributed by atoms with E-state index in [0.717, 1.165) is 0 Å². The van der Waals surface area contributed by atoms with Gasteiger partial charge in [-0.3, -0.25) is 9.59 Å². The molecule has 2 aromatic carbocycles. The van der Waals surface area contributed by atoms with E-state index in [1.54, 1.807) is 43.3 Å². The highest BCUT2D eigenvalue weighted by Gasteiger charge is 2.16. The van der Waals surface area contributed by atoms with Crippen molar-refractivity contribution in [3.05, 3.63) is 53.1 Å². The summed E-state index contributed by atoms with van der Waals surface area (Å²) < 4.78 is 5.54. The van der Waals surface area contributed by atoms with E-state index in [1.165, 1.54) is 13.0 Å². The van der Waals surface area contributed by atoms with Crippen molar-refractivity contribution in [2.75, 3.05) is 10.6 Å². The molecule has 0 fully saturated rings. The summed E-state index contributed by atoms with van der Waals surface area (Å²) in [5.41, 5.74) is 1.62. The van der Waals surface area contributed by atoms with Crippen molar-refractivity contribution >= 4 is 34.8 Å². The Kier molecular flexibility index (Phi) is 5.98. The van der Waals surface area contributed by atoms with Crippen LogP contribution in [0.1, 0.15) is 19.4 Å². The number of hydrogen-bond donors (Lipinski definition) is 2. The molecule has 1 atom stereocenters. The number of nitriles is 1. The Bertz CT molecular complexity index is 828. The van der Waals surface area contributed by atoms with Gasteiger partial charge in [0.05, 0.1) is 16.7 Å². The quantitative estimate of drug-likeness (QED) is 0.855. The van der Waals surface area contributed by atoms with Crippen LogP contribution in [0, 0.1) is 11.3 Å². The number of benzene rings is 2. The summed E-state index contributed by atoms with van der Waals surface area (Å²) in [5.74, 6) is -0.199. The molecule has 0 saturated heterocycles. The minimum atomic E-state index is -0.791. The summed E-state index contributed by atoms with van der Waals surface area (Å²) in [5, 5.41) is 14.4. The monoisotopic (exact) mass is 357 g/mol. The zero-order valence-corrected chi connectivity index (χ0v) is 14.4. The summed E-state index contributed by atoms with van der Waals surface area (Å²) in [4.78, 5) is 23.2. The van der Waals surface area contributed by atoms with Gasteiger partial charge in [0.2, 0.25) is 5.91 Å². The largest absolute Gasteiger partial charge is 0.479 e. The van der Waals surface area contributed by atoms with Gasteiger partial charge in [-0.1, -0.05) is 11.6 Å². The molecule has 6 nitrogen and oxygen atoms in total. The standard InChI is InChI=1S/C18H16ClN3O3/c1-11(25-17-8-3-13(10-20)9-16(17)19)18(24)22-15-6-4-14(5-7-15)21-12(2)23/h3-9,11H,1-2H3,(H,21,23)(H,22,24)/t11-/m1/s1. The summed E-state index contributed by atoms with van der Waals surface area (Å²) in [6.45, 7) is 3.01. The molecular weight excluding hydrogens is 342 g/mol. The van der Waals surface area contributed by atoms with Crippen LogP contribution < -0.4 is 15.4 Å². The SMILES string of the molecule is CC(=O)Nc1ccc(NC(=O)[C@@H](C)Oc2ccc(C#N)cc2Cl)cc1. The molecule has 0 aromatic heterocycles. The molecule has 7 heteroatoms. The molecule has 0 unspecified atom stereocenters. The average molecular weight is 358 g/mol. The fraction of sp³-hybridized carbons (Fsp3) is 0.167. The van der Waals surface area contributed by atoms with Crippen LogP contribution in [0.5, 0.6) is 5.75 Å². The van der Waals surface area contributed by atoms with Crippen molar-refractivity contribution in [1.82, 2.24) is 0 Å². The normalized spacial score (nSPS) is 11.1. The molecule has 0 bridgehead atoms. The zero-order valence-electron chi connectivity index (χ0n) is 13.7. The summed E-state index contributed by atoms with van der Waals surface area (Å²) in [6, 6.07) is 13.3. The van der Waals surface area contributed by atoms with Crippen LogP contribution in [0.3, 0.4) is 0 Å². The molecule has 2 aromatic rings. The highest BCUT2D eigenvalue weighted by Crippen LogP contribution is 2.26. The number of hydrogen-bond acceptors (Lipinski definition) is 4. The van der Waals surface area contributed by atoms with Crippen LogP contribution in [-0.2, 0) is 9.59 Å². The summed E-state index contributed by atoms with van der Waals surface area (Å²) in [6.07, 6.45) is -0.791. The lowest BCUT2D eigenvalue weighted by molar-refractivity contribution is -0.122. The second kappa shape index (κ2) is 8.18. The minimum absolute atomic E-state index is 0.168. The number of carbonyl (C=O) groups is 2. The van der Waals surface area contributed by atoms with Gasteiger partial charge in [-0.15, -0.1) is 0 Å². The molecule has 2 rings (SSSR count). The van der Waals surface area contributed by atoms with Gasteiger partial charge in [-0.2, -0.15) is 5.26 Å². The molecule has 0 aliphatic carbocycles. The van der Waals surface area contributed by atoms with Crippen molar-refractivity contribution in [2.45, 2.75) is 20.0 Å². The minimum Gasteiger partial charge on any atom is -0.479 e. The number of halogens is 1. The van der Waals surface area contributed by atoms with E-state index in [0.29, 0.717) is 22.7 Å². The smallest absolute Gasteiger partial charge is 0.265 e. The molecule has 0 aliphatic rings. The number of nitrogens with one attached hydrogen (secondary N) is 2. The Balaban J connectivity index is 1.98. The predicted octanol–water partition coefficient (Wildman–Crippen LogP) is 3.58. The molecule has 25 heavy (non-hydrogen) atoms. The predicted molar refractivity (Wildman–Crippen MR) is 95.6 cm³/mol. The van der Waals surface area contributed by atoms with Crippen molar-refractivity contribution in [3.8, 4) is 11.8 Å². The zero-order chi connectivity index (χ0) is 18.4. The first kappa shape index (κ1) is 18.3. The first-order chi connectivity index (χ1) is 11.9. The van der Waals surface area contributed by atoms with Gasteiger partial charge in [0.1, 0.15) is 5.75 Å². The van der Waals surface area contributed by atoms with E-state index in [1.807, 2.05) is 6.07 Å². The highest BCUT2D eigenvalue weighted by atomic mass is 35.5. The Hall–Kier alpha value is -3.04. The number of anilines is 2. The van der Waals surface area contributed by atoms with Crippen LogP contribution in [0.15, 0.2) is 42.5 Å². The van der Waals surface area contributed by atoms with Crippen LogP contribution in [0.4, 0.5) is 11.4 Å². The number of ether oxygens (including phenoxy) is 1. The van der Waals surface area contributed by atoms with Crippen LogP contribution >= 0.6 is 11.6 Å².